The van der Waals surface area contributed by atoms with Gasteiger partial charge in [0.1, 0.15) is 0 Å². The van der Waals surface area contributed by atoms with Crippen LogP contribution in [0.25, 0.3) is 0 Å². The van der Waals surface area contributed by atoms with Gasteiger partial charge in [-0.25, -0.2) is 0 Å². The molecule has 3 heteroatoms. The summed E-state index contributed by atoms with van der Waals surface area (Å²) in [6, 6.07) is 0. The molecule has 3 aliphatic rings. The molecule has 3 nitrogen and oxygen atoms in total. The predicted molar refractivity (Wildman–Crippen MR) is 97.1 cm³/mol. The van der Waals surface area contributed by atoms with Gasteiger partial charge in [0.05, 0.1) is 36.6 Å². The van der Waals surface area contributed by atoms with Crippen LogP contribution >= 0.6 is 0 Å². The molecule has 3 saturated heterocycles. The third-order valence-corrected chi connectivity index (χ3v) is 5.10. The Hall–Kier alpha value is -0.900. The van der Waals surface area contributed by atoms with Crippen LogP contribution in [0.3, 0.4) is 0 Å². The zero-order valence-electron chi connectivity index (χ0n) is 14.9. The highest BCUT2D eigenvalue weighted by molar-refractivity contribution is 5.01. The van der Waals surface area contributed by atoms with Crippen LogP contribution in [0.4, 0.5) is 0 Å². The summed E-state index contributed by atoms with van der Waals surface area (Å²) in [4.78, 5) is 0. The summed E-state index contributed by atoms with van der Waals surface area (Å²) in [5.74, 6) is 0. The smallest absolute Gasteiger partial charge is 0.0877 e. The summed E-state index contributed by atoms with van der Waals surface area (Å²) < 4.78 is 17.2. The number of unbranched alkanes of at least 4 members (excludes halogenated alkanes) is 1. The maximum atomic E-state index is 5.76. The van der Waals surface area contributed by atoms with E-state index in [1.54, 1.807) is 0 Å². The van der Waals surface area contributed by atoms with Crippen LogP contribution in [-0.4, -0.2) is 36.6 Å². The number of hydrogen-bond acceptors (Lipinski definition) is 3. The highest BCUT2D eigenvalue weighted by Gasteiger charge is 2.47. The second kappa shape index (κ2) is 8.98. The number of allylic oxidation sites excluding steroid dienone is 2. The Kier molecular flexibility index (Phi) is 6.70. The van der Waals surface area contributed by atoms with E-state index in [1.165, 1.54) is 12.8 Å². The minimum Gasteiger partial charge on any atom is -0.369 e. The maximum absolute atomic E-state index is 5.76. The molecule has 3 aliphatic heterocycles. The van der Waals surface area contributed by atoms with Gasteiger partial charge < -0.3 is 14.2 Å². The second-order valence-electron chi connectivity index (χ2n) is 7.15. The van der Waals surface area contributed by atoms with E-state index in [9.17, 15) is 0 Å². The lowest BCUT2D eigenvalue weighted by Crippen LogP contribution is -2.01. The van der Waals surface area contributed by atoms with Gasteiger partial charge in [0, 0.05) is 6.42 Å². The summed E-state index contributed by atoms with van der Waals surface area (Å²) in [7, 11) is 0. The van der Waals surface area contributed by atoms with E-state index in [-0.39, 0.29) is 0 Å². The normalized spacial score (nSPS) is 37.2. The Morgan fingerprint density at radius 2 is 1.29 bits per heavy atom. The molecule has 3 fully saturated rings. The molecule has 3 heterocycles. The predicted octanol–water partition coefficient (Wildman–Crippen LogP) is 4.73. The monoisotopic (exact) mass is 332 g/mol. The molecular formula is C21H32O3. The quantitative estimate of drug-likeness (QED) is 0.278. The van der Waals surface area contributed by atoms with Crippen molar-refractivity contribution in [3.8, 4) is 0 Å². The van der Waals surface area contributed by atoms with E-state index in [2.05, 4.69) is 37.8 Å². The Morgan fingerprint density at radius 3 is 1.88 bits per heavy atom. The zero-order chi connectivity index (χ0) is 16.8. The number of rotatable bonds is 13. The molecule has 3 rings (SSSR count). The fourth-order valence-corrected chi connectivity index (χ4v) is 3.38. The van der Waals surface area contributed by atoms with Crippen molar-refractivity contribution in [2.45, 2.75) is 94.9 Å². The van der Waals surface area contributed by atoms with Crippen molar-refractivity contribution in [3.63, 3.8) is 0 Å². The van der Waals surface area contributed by atoms with Crippen molar-refractivity contribution in [2.24, 2.45) is 0 Å². The molecular weight excluding hydrogens is 300 g/mol. The maximum Gasteiger partial charge on any atom is 0.0877 e. The number of hydrogen-bond donors (Lipinski definition) is 0. The van der Waals surface area contributed by atoms with Crippen molar-refractivity contribution in [1.29, 1.82) is 0 Å². The second-order valence-corrected chi connectivity index (χ2v) is 7.15. The molecule has 0 radical (unpaired) electrons. The highest BCUT2D eigenvalue weighted by Crippen LogP contribution is 2.38. The van der Waals surface area contributed by atoms with Crippen molar-refractivity contribution < 1.29 is 14.2 Å². The fourth-order valence-electron chi connectivity index (χ4n) is 3.38. The molecule has 6 atom stereocenters. The van der Waals surface area contributed by atoms with E-state index in [0.29, 0.717) is 36.6 Å². The van der Waals surface area contributed by atoms with Crippen LogP contribution in [0.15, 0.2) is 37.0 Å². The van der Waals surface area contributed by atoms with Gasteiger partial charge in [-0.15, -0.1) is 6.58 Å². The lowest BCUT2D eigenvalue weighted by atomic mass is 10.1. The standard InChI is InChI=1S/C21H32O3/c1-3-5-7-11-16-17(22-16)13-9-10-14-19-21(24-19)15-20-18(23-20)12-8-6-4-2/h3,6,8-10,16-21H,1,4-5,7,11-15H2,2H3/b8-6-,10-9-. The highest BCUT2D eigenvalue weighted by atomic mass is 16.6. The Morgan fingerprint density at radius 1 is 0.750 bits per heavy atom. The van der Waals surface area contributed by atoms with Crippen LogP contribution in [-0.2, 0) is 14.2 Å². The summed E-state index contributed by atoms with van der Waals surface area (Å²) >= 11 is 0. The van der Waals surface area contributed by atoms with Crippen LogP contribution in [0.2, 0.25) is 0 Å². The van der Waals surface area contributed by atoms with Gasteiger partial charge >= 0.3 is 0 Å². The molecule has 0 spiro atoms. The molecule has 24 heavy (non-hydrogen) atoms. The van der Waals surface area contributed by atoms with Gasteiger partial charge in [0.25, 0.3) is 0 Å². The summed E-state index contributed by atoms with van der Waals surface area (Å²) in [5, 5.41) is 0. The zero-order valence-corrected chi connectivity index (χ0v) is 14.9. The van der Waals surface area contributed by atoms with Crippen molar-refractivity contribution in [1.82, 2.24) is 0 Å². The van der Waals surface area contributed by atoms with Gasteiger partial charge in [-0.1, -0.05) is 37.3 Å². The Bertz CT molecular complexity index is 456. The van der Waals surface area contributed by atoms with Crippen molar-refractivity contribution in [2.75, 3.05) is 0 Å². The van der Waals surface area contributed by atoms with Crippen molar-refractivity contribution >= 4 is 0 Å². The van der Waals surface area contributed by atoms with E-state index in [4.69, 9.17) is 14.2 Å². The fraction of sp³-hybridized carbons (Fsp3) is 0.714. The van der Waals surface area contributed by atoms with Crippen LogP contribution in [0, 0.1) is 0 Å². The minimum absolute atomic E-state index is 0.417. The molecule has 0 aromatic carbocycles. The van der Waals surface area contributed by atoms with Gasteiger partial charge in [-0.3, -0.25) is 0 Å². The third-order valence-electron chi connectivity index (χ3n) is 5.10. The van der Waals surface area contributed by atoms with Crippen molar-refractivity contribution in [3.05, 3.63) is 37.0 Å². The SMILES string of the molecule is C=CCCCC1OC1C/C=C\CC1OC1CC1OC1C/C=C\CC. The topological polar surface area (TPSA) is 37.6 Å². The largest absolute Gasteiger partial charge is 0.369 e. The number of ether oxygens (including phenoxy) is 3. The lowest BCUT2D eigenvalue weighted by molar-refractivity contribution is 0.324. The molecule has 0 aliphatic carbocycles. The van der Waals surface area contributed by atoms with E-state index in [1.807, 2.05) is 6.08 Å². The summed E-state index contributed by atoms with van der Waals surface area (Å²) in [5.41, 5.74) is 0. The average molecular weight is 332 g/mol. The first-order valence-electron chi connectivity index (χ1n) is 9.69. The van der Waals surface area contributed by atoms with Crippen LogP contribution < -0.4 is 0 Å². The third kappa shape index (κ3) is 5.87. The van der Waals surface area contributed by atoms with Gasteiger partial charge in [0.15, 0.2) is 0 Å². The Balaban J connectivity index is 1.18. The molecule has 134 valence electrons. The summed E-state index contributed by atoms with van der Waals surface area (Å²) in [6.07, 6.45) is 22.4. The molecule has 0 bridgehead atoms. The van der Waals surface area contributed by atoms with E-state index in [0.717, 1.165) is 38.5 Å². The molecule has 6 unspecified atom stereocenters. The average Bonchev–Trinajstić information content (AvgIpc) is 3.46. The lowest BCUT2D eigenvalue weighted by Gasteiger charge is -1.92. The van der Waals surface area contributed by atoms with E-state index < -0.39 is 0 Å². The molecule has 0 aromatic rings. The van der Waals surface area contributed by atoms with E-state index >= 15 is 0 Å². The van der Waals surface area contributed by atoms with Gasteiger partial charge in [-0.2, -0.15) is 0 Å². The minimum atomic E-state index is 0.417. The van der Waals surface area contributed by atoms with Crippen LogP contribution in [0.1, 0.15) is 58.3 Å². The van der Waals surface area contributed by atoms with Crippen LogP contribution in [0.5, 0.6) is 0 Å². The van der Waals surface area contributed by atoms with Gasteiger partial charge in [-0.05, 0) is 44.9 Å². The first-order valence-corrected chi connectivity index (χ1v) is 9.69. The number of epoxide rings is 3. The summed E-state index contributed by atoms with van der Waals surface area (Å²) in [6.45, 7) is 5.92. The molecule has 0 N–H and O–H groups in total. The Labute approximate surface area is 146 Å². The van der Waals surface area contributed by atoms with Gasteiger partial charge in [0.2, 0.25) is 0 Å². The first kappa shape index (κ1) is 17.9. The molecule has 0 saturated carbocycles. The molecule has 0 amide bonds. The molecule has 0 aromatic heterocycles. The first-order chi connectivity index (χ1) is 11.8.